The van der Waals surface area contributed by atoms with Crippen molar-refractivity contribution in [3.8, 4) is 5.88 Å². The van der Waals surface area contributed by atoms with Gasteiger partial charge in [0, 0.05) is 30.3 Å². The molecule has 0 amide bonds. The fraction of sp³-hybridized carbons (Fsp3) is 0.444. The molecule has 1 N–H and O–H groups in total. The molecule has 1 aromatic heterocycles. The highest BCUT2D eigenvalue weighted by Gasteiger charge is 2.39. The number of rotatable bonds is 5. The summed E-state index contributed by atoms with van der Waals surface area (Å²) in [6.07, 6.45) is 1.53. The van der Waals surface area contributed by atoms with Crippen LogP contribution in [0.1, 0.15) is 17.7 Å². The second-order valence-electron chi connectivity index (χ2n) is 6.48. The fourth-order valence-corrected chi connectivity index (χ4v) is 3.24. The van der Waals surface area contributed by atoms with Crippen LogP contribution in [-0.2, 0) is 6.42 Å². The Hall–Kier alpha value is -2.21. The molecule has 2 aromatic rings. The van der Waals surface area contributed by atoms with E-state index >= 15 is 0 Å². The summed E-state index contributed by atoms with van der Waals surface area (Å²) in [5.41, 5.74) is 1.60. The Morgan fingerprint density at radius 3 is 2.71 bits per heavy atom. The number of aliphatic hydroxyl groups is 1. The highest BCUT2D eigenvalue weighted by molar-refractivity contribution is 5.37. The molecule has 2 heterocycles. The van der Waals surface area contributed by atoms with Gasteiger partial charge in [0.1, 0.15) is 5.82 Å². The van der Waals surface area contributed by atoms with Crippen molar-refractivity contribution in [3.05, 3.63) is 47.4 Å². The molecule has 1 aliphatic rings. The van der Waals surface area contributed by atoms with Crippen LogP contribution in [0.5, 0.6) is 5.88 Å². The van der Waals surface area contributed by atoms with Crippen molar-refractivity contribution < 1.29 is 14.2 Å². The van der Waals surface area contributed by atoms with Gasteiger partial charge in [-0.2, -0.15) is 4.98 Å². The van der Waals surface area contributed by atoms with E-state index in [0.29, 0.717) is 24.8 Å². The lowest BCUT2D eigenvalue weighted by Crippen LogP contribution is -2.33. The van der Waals surface area contributed by atoms with Crippen molar-refractivity contribution in [2.75, 3.05) is 31.7 Å². The van der Waals surface area contributed by atoms with Crippen LogP contribution in [-0.4, -0.2) is 41.9 Å². The van der Waals surface area contributed by atoms with Crippen LogP contribution >= 0.6 is 0 Å². The van der Waals surface area contributed by atoms with Crippen LogP contribution in [0, 0.1) is 18.2 Å². The minimum atomic E-state index is -0.266. The highest BCUT2D eigenvalue weighted by atomic mass is 19.1. The van der Waals surface area contributed by atoms with Crippen molar-refractivity contribution in [3.63, 3.8) is 0 Å². The van der Waals surface area contributed by atoms with Crippen LogP contribution in [0.4, 0.5) is 10.3 Å². The molecule has 1 saturated heterocycles. The first-order valence-electron chi connectivity index (χ1n) is 8.03. The lowest BCUT2D eigenvalue weighted by molar-refractivity contribution is 0.144. The van der Waals surface area contributed by atoms with Crippen molar-refractivity contribution in [2.24, 2.45) is 5.41 Å². The van der Waals surface area contributed by atoms with E-state index in [-0.39, 0.29) is 17.8 Å². The molecular weight excluding hydrogens is 309 g/mol. The molecule has 1 aliphatic heterocycles. The zero-order valence-electron chi connectivity index (χ0n) is 14.0. The van der Waals surface area contributed by atoms with Gasteiger partial charge in [-0.15, -0.1) is 0 Å². The molecule has 1 fully saturated rings. The number of hydrogen-bond acceptors (Lipinski definition) is 5. The maximum Gasteiger partial charge on any atom is 0.228 e. The number of aryl methyl sites for hydroxylation is 1. The fourth-order valence-electron chi connectivity index (χ4n) is 3.24. The quantitative estimate of drug-likeness (QED) is 0.911. The van der Waals surface area contributed by atoms with E-state index in [1.165, 1.54) is 12.1 Å². The van der Waals surface area contributed by atoms with Crippen molar-refractivity contribution in [1.29, 1.82) is 0 Å². The largest absolute Gasteiger partial charge is 0.481 e. The summed E-state index contributed by atoms with van der Waals surface area (Å²) in [5.74, 6) is 0.920. The van der Waals surface area contributed by atoms with Crippen LogP contribution in [0.25, 0.3) is 0 Å². The van der Waals surface area contributed by atoms with Gasteiger partial charge in [-0.05, 0) is 37.5 Å². The van der Waals surface area contributed by atoms with Gasteiger partial charge < -0.3 is 14.7 Å². The second kappa shape index (κ2) is 6.73. The number of aliphatic hydroxyl groups excluding tert-OH is 1. The predicted molar refractivity (Wildman–Crippen MR) is 89.8 cm³/mol. The summed E-state index contributed by atoms with van der Waals surface area (Å²) in [7, 11) is 1.59. The number of halogens is 1. The number of nitrogens with zero attached hydrogens (tertiary/aromatic N) is 3. The molecule has 1 atom stereocenters. The van der Waals surface area contributed by atoms with Crippen LogP contribution in [0.15, 0.2) is 30.3 Å². The van der Waals surface area contributed by atoms with E-state index < -0.39 is 0 Å². The van der Waals surface area contributed by atoms with E-state index in [4.69, 9.17) is 4.74 Å². The van der Waals surface area contributed by atoms with Gasteiger partial charge in [-0.3, -0.25) is 0 Å². The first-order chi connectivity index (χ1) is 11.5. The van der Waals surface area contributed by atoms with Crippen LogP contribution in [0.3, 0.4) is 0 Å². The summed E-state index contributed by atoms with van der Waals surface area (Å²) in [4.78, 5) is 11.0. The lowest BCUT2D eigenvalue weighted by Gasteiger charge is -2.27. The van der Waals surface area contributed by atoms with Gasteiger partial charge in [-0.25, -0.2) is 9.37 Å². The smallest absolute Gasteiger partial charge is 0.228 e. The Morgan fingerprint density at radius 1 is 1.29 bits per heavy atom. The molecule has 3 rings (SSSR count). The zero-order valence-corrected chi connectivity index (χ0v) is 14.0. The summed E-state index contributed by atoms with van der Waals surface area (Å²) in [5, 5.41) is 9.99. The molecule has 6 heteroatoms. The molecule has 1 unspecified atom stereocenters. The van der Waals surface area contributed by atoms with Crippen LogP contribution in [0.2, 0.25) is 0 Å². The second-order valence-corrected chi connectivity index (χ2v) is 6.48. The molecule has 0 spiro atoms. The number of aromatic nitrogens is 2. The molecule has 0 bridgehead atoms. The third kappa shape index (κ3) is 3.48. The Morgan fingerprint density at radius 2 is 2.04 bits per heavy atom. The van der Waals surface area contributed by atoms with Gasteiger partial charge >= 0.3 is 0 Å². The summed E-state index contributed by atoms with van der Waals surface area (Å²) in [6, 6.07) is 8.27. The van der Waals surface area contributed by atoms with Gasteiger partial charge in [0.25, 0.3) is 0 Å². The van der Waals surface area contributed by atoms with E-state index in [0.717, 1.165) is 24.2 Å². The summed E-state index contributed by atoms with van der Waals surface area (Å²) >= 11 is 0. The summed E-state index contributed by atoms with van der Waals surface area (Å²) < 4.78 is 18.3. The summed E-state index contributed by atoms with van der Waals surface area (Å²) in [6.45, 7) is 3.41. The molecule has 0 saturated carbocycles. The zero-order chi connectivity index (χ0) is 17.2. The van der Waals surface area contributed by atoms with Crippen molar-refractivity contribution in [2.45, 2.75) is 19.8 Å². The number of methoxy groups -OCH3 is 1. The normalized spacial score (nSPS) is 20.4. The van der Waals surface area contributed by atoms with Gasteiger partial charge in [0.05, 0.1) is 13.7 Å². The lowest BCUT2D eigenvalue weighted by atomic mass is 9.81. The maximum absolute atomic E-state index is 13.1. The Bertz CT molecular complexity index is 708. The molecule has 0 radical (unpaired) electrons. The van der Waals surface area contributed by atoms with Crippen molar-refractivity contribution >= 4 is 5.95 Å². The standard InChI is InChI=1S/C18H22FN3O2/c1-13-9-16(24-2)21-17(20-13)22-8-7-18(11-22,12-23)10-14-3-5-15(19)6-4-14/h3-6,9,23H,7-8,10-12H2,1-2H3. The van der Waals surface area contributed by atoms with Crippen molar-refractivity contribution in [1.82, 2.24) is 9.97 Å². The third-order valence-electron chi connectivity index (χ3n) is 4.58. The number of hydrogen-bond donors (Lipinski definition) is 1. The van der Waals surface area contributed by atoms with Gasteiger partial charge in [0.15, 0.2) is 0 Å². The van der Waals surface area contributed by atoms with Gasteiger partial charge in [-0.1, -0.05) is 12.1 Å². The molecule has 1 aromatic carbocycles. The van der Waals surface area contributed by atoms with E-state index in [9.17, 15) is 9.50 Å². The SMILES string of the molecule is COc1cc(C)nc(N2CCC(CO)(Cc3ccc(F)cc3)C2)n1. The van der Waals surface area contributed by atoms with E-state index in [1.54, 1.807) is 25.3 Å². The van der Waals surface area contributed by atoms with E-state index in [2.05, 4.69) is 14.9 Å². The number of ether oxygens (including phenoxy) is 1. The first kappa shape index (κ1) is 16.6. The highest BCUT2D eigenvalue weighted by Crippen LogP contribution is 2.35. The first-order valence-corrected chi connectivity index (χ1v) is 8.03. The Labute approximate surface area is 141 Å². The average molecular weight is 331 g/mol. The average Bonchev–Trinajstić information content (AvgIpc) is 3.01. The number of benzene rings is 1. The Kier molecular flexibility index (Phi) is 4.66. The number of anilines is 1. The predicted octanol–water partition coefficient (Wildman–Crippen LogP) is 2.36. The topological polar surface area (TPSA) is 58.5 Å². The minimum absolute atomic E-state index is 0.0732. The monoisotopic (exact) mass is 331 g/mol. The minimum Gasteiger partial charge on any atom is -0.481 e. The molecular formula is C18H22FN3O2. The van der Waals surface area contributed by atoms with Crippen LogP contribution < -0.4 is 9.64 Å². The molecule has 5 nitrogen and oxygen atoms in total. The molecule has 0 aliphatic carbocycles. The molecule has 128 valence electrons. The Balaban J connectivity index is 1.78. The third-order valence-corrected chi connectivity index (χ3v) is 4.58. The molecule has 24 heavy (non-hydrogen) atoms. The van der Waals surface area contributed by atoms with Gasteiger partial charge in [0.2, 0.25) is 11.8 Å². The van der Waals surface area contributed by atoms with E-state index in [1.807, 2.05) is 6.92 Å². The maximum atomic E-state index is 13.1.